The van der Waals surface area contributed by atoms with Crippen LogP contribution in [-0.4, -0.2) is 20.0 Å². The molecule has 0 unspecified atom stereocenters. The van der Waals surface area contributed by atoms with E-state index in [0.29, 0.717) is 11.4 Å². The molecule has 0 saturated carbocycles. The van der Waals surface area contributed by atoms with Crippen molar-refractivity contribution in [3.63, 3.8) is 0 Å². The molecule has 0 spiro atoms. The van der Waals surface area contributed by atoms with Crippen LogP contribution < -0.4 is 5.32 Å². The van der Waals surface area contributed by atoms with Crippen molar-refractivity contribution in [2.45, 2.75) is 19.3 Å². The molecule has 1 aliphatic rings. The van der Waals surface area contributed by atoms with E-state index in [1.54, 1.807) is 0 Å². The van der Waals surface area contributed by atoms with Crippen LogP contribution in [-0.2, 0) is 10.3 Å². The number of hydrogen-bond donors (Lipinski definition) is 1. The third-order valence-corrected chi connectivity index (χ3v) is 2.10. The molecular formula is C5H9NO2S. The summed E-state index contributed by atoms with van der Waals surface area (Å²) in [6, 6.07) is 0. The van der Waals surface area contributed by atoms with Gasteiger partial charge in [0.05, 0.1) is 0 Å². The van der Waals surface area contributed by atoms with Gasteiger partial charge in [-0.15, -0.1) is 0 Å². The lowest BCUT2D eigenvalue weighted by atomic mass is 10.2. The van der Waals surface area contributed by atoms with Crippen molar-refractivity contribution in [3.8, 4) is 0 Å². The zero-order valence-electron chi connectivity index (χ0n) is 5.05. The van der Waals surface area contributed by atoms with E-state index in [9.17, 15) is 8.42 Å². The van der Waals surface area contributed by atoms with Crippen molar-refractivity contribution < 1.29 is 8.42 Å². The van der Waals surface area contributed by atoms with Crippen LogP contribution in [0.1, 0.15) is 19.3 Å². The monoisotopic (exact) mass is 147 g/mol. The minimum absolute atomic E-state index is 0.473. The molecule has 0 aliphatic carbocycles. The molecule has 0 aromatic heterocycles. The van der Waals surface area contributed by atoms with E-state index in [1.165, 1.54) is 0 Å². The highest BCUT2D eigenvalue weighted by Crippen LogP contribution is 1.99. The fourth-order valence-corrected chi connectivity index (χ4v) is 1.40. The van der Waals surface area contributed by atoms with Gasteiger partial charge in [0.25, 0.3) is 0 Å². The topological polar surface area (TPSA) is 46.2 Å². The van der Waals surface area contributed by atoms with Gasteiger partial charge in [0.1, 0.15) is 4.99 Å². The van der Waals surface area contributed by atoms with Gasteiger partial charge < -0.3 is 0 Å². The number of piperidine rings is 1. The predicted octanol–water partition coefficient (Wildman–Crippen LogP) is -0.231. The van der Waals surface area contributed by atoms with Gasteiger partial charge in [-0.1, -0.05) is 0 Å². The van der Waals surface area contributed by atoms with Crippen LogP contribution in [0.25, 0.3) is 0 Å². The lowest BCUT2D eigenvalue weighted by Crippen LogP contribution is -2.29. The summed E-state index contributed by atoms with van der Waals surface area (Å²) in [5.41, 5.74) is 0. The molecule has 1 rings (SSSR count). The highest BCUT2D eigenvalue weighted by Gasteiger charge is 2.05. The van der Waals surface area contributed by atoms with E-state index in [-0.39, 0.29) is 0 Å². The van der Waals surface area contributed by atoms with Crippen molar-refractivity contribution >= 4 is 15.3 Å². The first-order valence-electron chi connectivity index (χ1n) is 2.99. The predicted molar refractivity (Wildman–Crippen MR) is 35.8 cm³/mol. The molecular weight excluding hydrogens is 138 g/mol. The molecule has 4 heteroatoms. The zero-order chi connectivity index (χ0) is 6.69. The summed E-state index contributed by atoms with van der Waals surface area (Å²) in [6.45, 7) is 0.809. The summed E-state index contributed by atoms with van der Waals surface area (Å²) in [7, 11) is -2.00. The third kappa shape index (κ3) is 1.80. The van der Waals surface area contributed by atoms with Crippen LogP contribution in [0.3, 0.4) is 0 Å². The smallest absolute Gasteiger partial charge is 0.228 e. The summed E-state index contributed by atoms with van der Waals surface area (Å²) in [5, 5.41) is 2.82. The molecule has 1 saturated heterocycles. The van der Waals surface area contributed by atoms with Crippen LogP contribution in [0.15, 0.2) is 0 Å². The highest BCUT2D eigenvalue weighted by molar-refractivity contribution is 7.72. The first-order chi connectivity index (χ1) is 4.30. The van der Waals surface area contributed by atoms with Gasteiger partial charge in [0.15, 0.2) is 0 Å². The molecule has 1 aliphatic heterocycles. The quantitative estimate of drug-likeness (QED) is 0.481. The van der Waals surface area contributed by atoms with Crippen molar-refractivity contribution in [2.24, 2.45) is 0 Å². The molecule has 1 heterocycles. The first kappa shape index (κ1) is 6.77. The second kappa shape index (κ2) is 2.98. The average Bonchev–Trinajstić information content (AvgIpc) is 1.90. The van der Waals surface area contributed by atoms with E-state index in [1.807, 2.05) is 0 Å². The van der Waals surface area contributed by atoms with Crippen molar-refractivity contribution in [1.29, 1.82) is 0 Å². The Morgan fingerprint density at radius 1 is 1.33 bits per heavy atom. The zero-order valence-corrected chi connectivity index (χ0v) is 5.87. The maximum Gasteiger partial charge on any atom is 0.228 e. The van der Waals surface area contributed by atoms with E-state index in [2.05, 4.69) is 5.32 Å². The third-order valence-electron chi connectivity index (χ3n) is 1.35. The standard InChI is InChI=1S/C5H9NO2S/c7-9(8)5-3-1-2-4-6-5/h6H,1-4H2. The van der Waals surface area contributed by atoms with Crippen molar-refractivity contribution in [1.82, 2.24) is 5.32 Å². The Labute approximate surface area is 55.6 Å². The second-order valence-corrected chi connectivity index (χ2v) is 3.00. The van der Waals surface area contributed by atoms with E-state index in [4.69, 9.17) is 0 Å². The van der Waals surface area contributed by atoms with Crippen molar-refractivity contribution in [3.05, 3.63) is 0 Å². The van der Waals surface area contributed by atoms with Crippen molar-refractivity contribution in [2.75, 3.05) is 6.54 Å². The van der Waals surface area contributed by atoms with Gasteiger partial charge in [-0.25, -0.2) is 0 Å². The fourth-order valence-electron chi connectivity index (χ4n) is 0.869. The molecule has 0 radical (unpaired) electrons. The fraction of sp³-hybridized carbons (Fsp3) is 0.800. The van der Waals surface area contributed by atoms with Gasteiger partial charge in [-0.2, -0.15) is 8.42 Å². The summed E-state index contributed by atoms with van der Waals surface area (Å²) in [4.78, 5) is 0.473. The molecule has 1 N–H and O–H groups in total. The summed E-state index contributed by atoms with van der Waals surface area (Å²) in [6.07, 6.45) is 2.77. The maximum absolute atomic E-state index is 10.3. The number of nitrogens with one attached hydrogen (secondary N) is 1. The van der Waals surface area contributed by atoms with E-state index in [0.717, 1.165) is 19.4 Å². The normalized spacial score (nSPS) is 19.8. The molecule has 1 fully saturated rings. The van der Waals surface area contributed by atoms with E-state index >= 15 is 0 Å². The molecule has 3 nitrogen and oxygen atoms in total. The van der Waals surface area contributed by atoms with Gasteiger partial charge >= 0.3 is 0 Å². The Morgan fingerprint density at radius 2 is 2.11 bits per heavy atom. The Hall–Kier alpha value is -0.350. The van der Waals surface area contributed by atoms with Crippen LogP contribution >= 0.6 is 0 Å². The minimum atomic E-state index is -2.00. The molecule has 0 atom stereocenters. The highest BCUT2D eigenvalue weighted by atomic mass is 32.2. The van der Waals surface area contributed by atoms with Gasteiger partial charge in [-0.3, -0.25) is 5.32 Å². The van der Waals surface area contributed by atoms with E-state index < -0.39 is 10.3 Å². The Morgan fingerprint density at radius 3 is 2.44 bits per heavy atom. The molecule has 52 valence electrons. The Kier molecular flexibility index (Phi) is 2.24. The molecule has 0 aromatic carbocycles. The maximum atomic E-state index is 10.3. The second-order valence-electron chi connectivity index (χ2n) is 2.04. The van der Waals surface area contributed by atoms with Gasteiger partial charge in [-0.05, 0) is 19.3 Å². The summed E-state index contributed by atoms with van der Waals surface area (Å²) >= 11 is 0. The lowest BCUT2D eigenvalue weighted by Gasteiger charge is -2.09. The molecule has 0 amide bonds. The Balaban J connectivity index is 2.72. The van der Waals surface area contributed by atoms with Crippen LogP contribution in [0.2, 0.25) is 0 Å². The lowest BCUT2D eigenvalue weighted by molar-refractivity contribution is 0.621. The Bertz CT molecular complexity index is 201. The number of rotatable bonds is 0. The van der Waals surface area contributed by atoms with Crippen LogP contribution in [0, 0.1) is 0 Å². The first-order valence-corrected chi connectivity index (χ1v) is 4.07. The largest absolute Gasteiger partial charge is 0.279 e. The average molecular weight is 147 g/mol. The summed E-state index contributed by atoms with van der Waals surface area (Å²) < 4.78 is 20.5. The van der Waals surface area contributed by atoms with Crippen LogP contribution in [0.4, 0.5) is 0 Å². The summed E-state index contributed by atoms with van der Waals surface area (Å²) in [5.74, 6) is 0. The molecule has 0 aromatic rings. The van der Waals surface area contributed by atoms with Crippen LogP contribution in [0.5, 0.6) is 0 Å². The molecule has 0 bridgehead atoms. The van der Waals surface area contributed by atoms with Gasteiger partial charge in [0, 0.05) is 6.54 Å². The molecule has 9 heavy (non-hydrogen) atoms. The number of hydrogen-bond acceptors (Lipinski definition) is 2. The minimum Gasteiger partial charge on any atom is -0.279 e. The van der Waals surface area contributed by atoms with Gasteiger partial charge in [0.2, 0.25) is 10.3 Å². The SMILES string of the molecule is O=S(=O)=C1CCCCN1.